The Bertz CT molecular complexity index is 479. The maximum absolute atomic E-state index is 10.4. The number of aliphatic hydroxyl groups excluding tert-OH is 1. The molecule has 0 aromatic heterocycles. The molecule has 1 unspecified atom stereocenters. The van der Waals surface area contributed by atoms with E-state index < -0.39 is 6.10 Å². The van der Waals surface area contributed by atoms with E-state index in [0.29, 0.717) is 6.42 Å². The Kier molecular flexibility index (Phi) is 2.39. The second-order valence-electron chi connectivity index (χ2n) is 6.02. The van der Waals surface area contributed by atoms with E-state index in [1.54, 1.807) is 7.11 Å². The van der Waals surface area contributed by atoms with Crippen molar-refractivity contribution < 1.29 is 14.6 Å². The summed E-state index contributed by atoms with van der Waals surface area (Å²) in [6.45, 7) is 4.37. The predicted octanol–water partition coefficient (Wildman–Crippen LogP) is 3.07. The van der Waals surface area contributed by atoms with Gasteiger partial charge < -0.3 is 14.6 Å². The molecule has 18 heavy (non-hydrogen) atoms. The van der Waals surface area contributed by atoms with E-state index in [-0.39, 0.29) is 11.0 Å². The molecule has 98 valence electrons. The third kappa shape index (κ3) is 1.61. The lowest BCUT2D eigenvalue weighted by Gasteiger charge is -2.42. The van der Waals surface area contributed by atoms with Gasteiger partial charge in [0.2, 0.25) is 0 Å². The van der Waals surface area contributed by atoms with Crippen molar-refractivity contribution in [1.29, 1.82) is 0 Å². The number of hydrogen-bond donors (Lipinski definition) is 1. The number of rotatable bonds is 2. The van der Waals surface area contributed by atoms with Crippen LogP contribution in [0.1, 0.15) is 44.8 Å². The van der Waals surface area contributed by atoms with Crippen LogP contribution < -0.4 is 9.47 Å². The van der Waals surface area contributed by atoms with Crippen LogP contribution in [0.3, 0.4) is 0 Å². The number of fused-ring (bicyclic) bond motifs is 1. The van der Waals surface area contributed by atoms with Crippen LogP contribution in [0.2, 0.25) is 0 Å². The zero-order valence-corrected chi connectivity index (χ0v) is 11.2. The highest BCUT2D eigenvalue weighted by Gasteiger charge is 2.57. The first-order valence-electron chi connectivity index (χ1n) is 6.52. The molecule has 1 fully saturated rings. The maximum atomic E-state index is 10.4. The van der Waals surface area contributed by atoms with E-state index in [0.717, 1.165) is 17.1 Å². The van der Waals surface area contributed by atoms with Crippen molar-refractivity contribution in [2.24, 2.45) is 5.41 Å². The molecule has 1 saturated carbocycles. The van der Waals surface area contributed by atoms with Gasteiger partial charge in [-0.25, -0.2) is 0 Å². The SMILES string of the molecule is COc1ccc2c(c1)[C@@H](O)CC(C)(C1(C)CC1)O2. The standard InChI is InChI=1S/C15H20O3/c1-14(6-7-14)15(2)9-12(16)11-8-10(17-3)4-5-13(11)18-15/h4-5,8,12,16H,6-7,9H2,1-3H3/t12-,15?/m0/s1. The first-order valence-corrected chi connectivity index (χ1v) is 6.52. The Morgan fingerprint density at radius 2 is 2.06 bits per heavy atom. The third-order valence-electron chi connectivity index (χ3n) is 4.77. The summed E-state index contributed by atoms with van der Waals surface area (Å²) in [4.78, 5) is 0. The van der Waals surface area contributed by atoms with Gasteiger partial charge in [-0.2, -0.15) is 0 Å². The van der Waals surface area contributed by atoms with Gasteiger partial charge in [0, 0.05) is 17.4 Å². The zero-order chi connectivity index (χ0) is 13.0. The van der Waals surface area contributed by atoms with E-state index in [9.17, 15) is 5.11 Å². The summed E-state index contributed by atoms with van der Waals surface area (Å²) in [5.41, 5.74) is 0.802. The van der Waals surface area contributed by atoms with Gasteiger partial charge in [0.1, 0.15) is 17.1 Å². The highest BCUT2D eigenvalue weighted by molar-refractivity contribution is 5.44. The normalized spacial score (nSPS) is 32.3. The molecule has 2 aliphatic rings. The average Bonchev–Trinajstić information content (AvgIpc) is 3.09. The van der Waals surface area contributed by atoms with E-state index in [4.69, 9.17) is 9.47 Å². The molecule has 1 aromatic rings. The molecule has 1 aliphatic carbocycles. The molecule has 3 rings (SSSR count). The smallest absolute Gasteiger partial charge is 0.126 e. The molecule has 1 N–H and O–H groups in total. The minimum absolute atomic E-state index is 0.214. The molecule has 2 atom stereocenters. The van der Waals surface area contributed by atoms with Crippen molar-refractivity contribution in [3.63, 3.8) is 0 Å². The van der Waals surface area contributed by atoms with Crippen molar-refractivity contribution in [1.82, 2.24) is 0 Å². The zero-order valence-electron chi connectivity index (χ0n) is 11.2. The van der Waals surface area contributed by atoms with E-state index in [2.05, 4.69) is 13.8 Å². The first kappa shape index (κ1) is 11.8. The van der Waals surface area contributed by atoms with Crippen LogP contribution in [0.25, 0.3) is 0 Å². The van der Waals surface area contributed by atoms with Crippen molar-refractivity contribution in [3.8, 4) is 11.5 Å². The molecule has 0 bridgehead atoms. The maximum Gasteiger partial charge on any atom is 0.126 e. The minimum Gasteiger partial charge on any atom is -0.497 e. The Hall–Kier alpha value is -1.22. The Morgan fingerprint density at radius 1 is 1.33 bits per heavy atom. The molecular formula is C15H20O3. The van der Waals surface area contributed by atoms with Crippen molar-refractivity contribution >= 4 is 0 Å². The minimum atomic E-state index is -0.466. The molecule has 1 heterocycles. The second-order valence-corrected chi connectivity index (χ2v) is 6.02. The summed E-state index contributed by atoms with van der Waals surface area (Å²) in [5.74, 6) is 1.56. The first-order chi connectivity index (χ1) is 8.47. The van der Waals surface area contributed by atoms with Gasteiger partial charge in [0.25, 0.3) is 0 Å². The molecule has 3 heteroatoms. The van der Waals surface area contributed by atoms with Crippen molar-refractivity contribution in [2.45, 2.75) is 44.8 Å². The molecule has 0 spiro atoms. The van der Waals surface area contributed by atoms with Gasteiger partial charge in [-0.05, 0) is 38.0 Å². The molecule has 0 amide bonds. The Balaban J connectivity index is 1.98. The van der Waals surface area contributed by atoms with Gasteiger partial charge in [0.15, 0.2) is 0 Å². The molecule has 0 saturated heterocycles. The largest absolute Gasteiger partial charge is 0.497 e. The summed E-state index contributed by atoms with van der Waals surface area (Å²) < 4.78 is 11.4. The number of methoxy groups -OCH3 is 1. The van der Waals surface area contributed by atoms with E-state index >= 15 is 0 Å². The summed E-state index contributed by atoms with van der Waals surface area (Å²) >= 11 is 0. The quantitative estimate of drug-likeness (QED) is 0.874. The van der Waals surface area contributed by atoms with Crippen LogP contribution in [0.4, 0.5) is 0 Å². The van der Waals surface area contributed by atoms with Crippen LogP contribution in [0.15, 0.2) is 18.2 Å². The average molecular weight is 248 g/mol. The molecule has 0 radical (unpaired) electrons. The molecule has 1 aliphatic heterocycles. The van der Waals surface area contributed by atoms with Crippen LogP contribution in [0, 0.1) is 5.41 Å². The number of hydrogen-bond acceptors (Lipinski definition) is 3. The number of aliphatic hydroxyl groups is 1. The second kappa shape index (κ2) is 3.64. The molecule has 3 nitrogen and oxygen atoms in total. The lowest BCUT2D eigenvalue weighted by atomic mass is 9.79. The van der Waals surface area contributed by atoms with Gasteiger partial charge in [-0.3, -0.25) is 0 Å². The third-order valence-corrected chi connectivity index (χ3v) is 4.77. The highest BCUT2D eigenvalue weighted by atomic mass is 16.5. The van der Waals surface area contributed by atoms with Crippen molar-refractivity contribution in [2.75, 3.05) is 7.11 Å². The summed E-state index contributed by atoms with van der Waals surface area (Å²) in [6, 6.07) is 5.65. The summed E-state index contributed by atoms with van der Waals surface area (Å²) in [7, 11) is 1.63. The van der Waals surface area contributed by atoms with E-state index in [1.165, 1.54) is 12.8 Å². The van der Waals surface area contributed by atoms with Crippen molar-refractivity contribution in [3.05, 3.63) is 23.8 Å². The van der Waals surface area contributed by atoms with Gasteiger partial charge >= 0.3 is 0 Å². The lowest BCUT2D eigenvalue weighted by Crippen LogP contribution is -2.45. The fraction of sp³-hybridized carbons (Fsp3) is 0.600. The van der Waals surface area contributed by atoms with Gasteiger partial charge in [-0.1, -0.05) is 6.92 Å². The van der Waals surface area contributed by atoms with Gasteiger partial charge in [0.05, 0.1) is 13.2 Å². The Morgan fingerprint density at radius 3 is 2.67 bits per heavy atom. The summed E-state index contributed by atoms with van der Waals surface area (Å²) in [6.07, 6.45) is 2.55. The van der Waals surface area contributed by atoms with Gasteiger partial charge in [-0.15, -0.1) is 0 Å². The molecular weight excluding hydrogens is 228 g/mol. The summed E-state index contributed by atoms with van der Waals surface area (Å²) in [5, 5.41) is 10.4. The topological polar surface area (TPSA) is 38.7 Å². The molecule has 1 aromatic carbocycles. The number of benzene rings is 1. The van der Waals surface area contributed by atoms with Crippen LogP contribution in [0.5, 0.6) is 11.5 Å². The van der Waals surface area contributed by atoms with Crippen LogP contribution in [-0.4, -0.2) is 17.8 Å². The van der Waals surface area contributed by atoms with E-state index in [1.807, 2.05) is 18.2 Å². The number of ether oxygens (including phenoxy) is 2. The fourth-order valence-electron chi connectivity index (χ4n) is 2.86. The lowest BCUT2D eigenvalue weighted by molar-refractivity contribution is -0.0473. The highest BCUT2D eigenvalue weighted by Crippen LogP contribution is 2.59. The fourth-order valence-corrected chi connectivity index (χ4v) is 2.86. The predicted molar refractivity (Wildman–Crippen MR) is 68.9 cm³/mol. The van der Waals surface area contributed by atoms with Crippen LogP contribution in [-0.2, 0) is 0 Å². The monoisotopic (exact) mass is 248 g/mol. The Labute approximate surface area is 108 Å². The van der Waals surface area contributed by atoms with Crippen LogP contribution >= 0.6 is 0 Å².